The van der Waals surface area contributed by atoms with Gasteiger partial charge in [-0.2, -0.15) is 0 Å². The number of hydrogen-bond acceptors (Lipinski definition) is 6. The Kier molecular flexibility index (Phi) is 6.01. The second kappa shape index (κ2) is 8.81. The number of anilines is 1. The minimum absolute atomic E-state index is 0.1000. The van der Waals surface area contributed by atoms with Gasteiger partial charge < -0.3 is 10.1 Å². The highest BCUT2D eigenvalue weighted by atomic mass is 32.2. The van der Waals surface area contributed by atoms with Gasteiger partial charge in [-0.25, -0.2) is 8.42 Å². The van der Waals surface area contributed by atoms with Gasteiger partial charge in [0.15, 0.2) is 5.78 Å². The summed E-state index contributed by atoms with van der Waals surface area (Å²) in [5.74, 6) is 0.633. The Labute approximate surface area is 199 Å². The van der Waals surface area contributed by atoms with Crippen molar-refractivity contribution in [3.63, 3.8) is 0 Å². The first-order valence-electron chi connectivity index (χ1n) is 11.3. The van der Waals surface area contributed by atoms with E-state index < -0.39 is 15.6 Å². The van der Waals surface area contributed by atoms with Gasteiger partial charge >= 0.3 is 0 Å². The van der Waals surface area contributed by atoms with Gasteiger partial charge in [-0.15, -0.1) is 11.8 Å². The number of nitrogens with one attached hydrogen (secondary N) is 2. The van der Waals surface area contributed by atoms with Crippen molar-refractivity contribution in [3.05, 3.63) is 70.0 Å². The summed E-state index contributed by atoms with van der Waals surface area (Å²) in [5, 5.41) is 7.79. The van der Waals surface area contributed by atoms with E-state index in [2.05, 4.69) is 45.2 Å². The van der Waals surface area contributed by atoms with Crippen LogP contribution < -0.4 is 14.8 Å². The highest BCUT2D eigenvalue weighted by Gasteiger charge is 2.49. The standard InChI is InChI=1S/C25H28N2O4S2/c1-33(29,30)27-19-7-8-21-23(14-19)31-25(10-12-26-13-11-25)22(24(21)28)9-6-18-16-32-15-17-4-2-3-5-20(17)18/h2-5,7-8,14-16,20,22,26-27H,6,9-13H2,1H3. The highest BCUT2D eigenvalue weighted by molar-refractivity contribution is 8.05. The van der Waals surface area contributed by atoms with E-state index in [1.54, 1.807) is 30.0 Å². The van der Waals surface area contributed by atoms with Crippen molar-refractivity contribution in [2.24, 2.45) is 11.8 Å². The zero-order valence-electron chi connectivity index (χ0n) is 18.5. The third-order valence-corrected chi connectivity index (χ3v) is 8.33. The lowest BCUT2D eigenvalue weighted by Crippen LogP contribution is -2.56. The van der Waals surface area contributed by atoms with Gasteiger partial charge in [0.05, 0.1) is 23.4 Å². The van der Waals surface area contributed by atoms with E-state index in [1.165, 1.54) is 11.1 Å². The topological polar surface area (TPSA) is 84.5 Å². The SMILES string of the molecule is CS(=O)(=O)Nc1ccc2c(c1)OC1(CCNCC1)C(CCC1=CSC=C3C=CC=CC31)C2=O. The summed E-state index contributed by atoms with van der Waals surface area (Å²) < 4.78 is 32.4. The molecule has 8 heteroatoms. The van der Waals surface area contributed by atoms with E-state index in [1.807, 2.05) is 0 Å². The number of rotatable bonds is 5. The molecule has 0 saturated carbocycles. The molecule has 3 heterocycles. The number of ether oxygens (including phenoxy) is 1. The molecule has 1 saturated heterocycles. The molecule has 1 aliphatic carbocycles. The van der Waals surface area contributed by atoms with Gasteiger partial charge in [0.2, 0.25) is 10.0 Å². The van der Waals surface area contributed by atoms with Crippen LogP contribution in [0.4, 0.5) is 5.69 Å². The van der Waals surface area contributed by atoms with Crippen molar-refractivity contribution in [3.8, 4) is 5.75 Å². The van der Waals surface area contributed by atoms with Crippen LogP contribution in [0.1, 0.15) is 36.0 Å². The van der Waals surface area contributed by atoms with Crippen molar-refractivity contribution in [1.29, 1.82) is 0 Å². The van der Waals surface area contributed by atoms with E-state index in [-0.39, 0.29) is 17.6 Å². The van der Waals surface area contributed by atoms with E-state index in [0.717, 1.165) is 45.0 Å². The summed E-state index contributed by atoms with van der Waals surface area (Å²) in [6, 6.07) is 4.97. The molecule has 1 fully saturated rings. The van der Waals surface area contributed by atoms with E-state index >= 15 is 0 Å². The molecule has 3 aliphatic heterocycles. The van der Waals surface area contributed by atoms with Crippen LogP contribution in [0.15, 0.2) is 64.5 Å². The van der Waals surface area contributed by atoms with Crippen LogP contribution in [0.2, 0.25) is 0 Å². The van der Waals surface area contributed by atoms with Crippen LogP contribution in [0.25, 0.3) is 0 Å². The van der Waals surface area contributed by atoms with Gasteiger partial charge in [-0.05, 0) is 54.5 Å². The van der Waals surface area contributed by atoms with Gasteiger partial charge in [0.25, 0.3) is 0 Å². The largest absolute Gasteiger partial charge is 0.486 e. The van der Waals surface area contributed by atoms with E-state index in [4.69, 9.17) is 4.74 Å². The van der Waals surface area contributed by atoms with Crippen molar-refractivity contribution in [1.82, 2.24) is 5.32 Å². The fourth-order valence-corrected chi connectivity index (χ4v) is 6.75. The van der Waals surface area contributed by atoms with E-state index in [0.29, 0.717) is 17.0 Å². The van der Waals surface area contributed by atoms with Crippen LogP contribution in [-0.2, 0) is 10.0 Å². The Morgan fingerprint density at radius 1 is 1.21 bits per heavy atom. The van der Waals surface area contributed by atoms with Crippen LogP contribution in [0, 0.1) is 11.8 Å². The van der Waals surface area contributed by atoms with Crippen LogP contribution in [0.5, 0.6) is 5.75 Å². The van der Waals surface area contributed by atoms with Crippen LogP contribution in [-0.4, -0.2) is 39.1 Å². The lowest BCUT2D eigenvalue weighted by Gasteiger charge is -2.46. The smallest absolute Gasteiger partial charge is 0.229 e. The Morgan fingerprint density at radius 3 is 2.82 bits per heavy atom. The zero-order chi connectivity index (χ0) is 23.1. The third-order valence-electron chi connectivity index (χ3n) is 6.87. The number of fused-ring (bicyclic) bond motifs is 2. The molecule has 1 spiro atoms. The number of sulfonamides is 1. The lowest BCUT2D eigenvalue weighted by molar-refractivity contribution is -0.0233. The molecular formula is C25H28N2O4S2. The first-order chi connectivity index (χ1) is 15.8. The fraction of sp³-hybridized carbons (Fsp3) is 0.400. The Bertz CT molecular complexity index is 1190. The maximum Gasteiger partial charge on any atom is 0.229 e. The van der Waals surface area contributed by atoms with Crippen molar-refractivity contribution in [2.75, 3.05) is 24.1 Å². The number of benzene rings is 1. The second-order valence-electron chi connectivity index (χ2n) is 9.13. The minimum Gasteiger partial charge on any atom is -0.486 e. The van der Waals surface area contributed by atoms with E-state index in [9.17, 15) is 13.2 Å². The summed E-state index contributed by atoms with van der Waals surface area (Å²) in [6.07, 6.45) is 12.7. The summed E-state index contributed by atoms with van der Waals surface area (Å²) >= 11 is 1.71. The number of piperidine rings is 1. The Balaban J connectivity index is 1.42. The fourth-order valence-electron chi connectivity index (χ4n) is 5.30. The molecule has 5 rings (SSSR count). The van der Waals surface area contributed by atoms with Gasteiger partial charge in [-0.3, -0.25) is 9.52 Å². The van der Waals surface area contributed by atoms with Gasteiger partial charge in [0.1, 0.15) is 11.4 Å². The lowest BCUT2D eigenvalue weighted by atomic mass is 9.71. The molecule has 0 amide bonds. The monoisotopic (exact) mass is 484 g/mol. The second-order valence-corrected chi connectivity index (χ2v) is 11.6. The minimum atomic E-state index is -3.42. The van der Waals surface area contributed by atoms with Gasteiger partial charge in [-0.1, -0.05) is 29.9 Å². The van der Waals surface area contributed by atoms with Crippen molar-refractivity contribution >= 4 is 33.3 Å². The van der Waals surface area contributed by atoms with Crippen molar-refractivity contribution < 1.29 is 17.9 Å². The number of allylic oxidation sites excluding steroid dienone is 6. The number of carbonyl (C=O) groups excluding carboxylic acids is 1. The average molecular weight is 485 g/mol. The summed E-state index contributed by atoms with van der Waals surface area (Å²) in [4.78, 5) is 13.7. The summed E-state index contributed by atoms with van der Waals surface area (Å²) in [6.45, 7) is 1.59. The molecule has 33 heavy (non-hydrogen) atoms. The Morgan fingerprint density at radius 2 is 2.03 bits per heavy atom. The molecule has 0 aromatic heterocycles. The maximum atomic E-state index is 13.7. The molecule has 6 nitrogen and oxygen atoms in total. The molecule has 4 aliphatic rings. The third kappa shape index (κ3) is 4.56. The molecule has 2 atom stereocenters. The summed E-state index contributed by atoms with van der Waals surface area (Å²) in [7, 11) is -3.42. The first kappa shape index (κ1) is 22.5. The van der Waals surface area contributed by atoms with Crippen molar-refractivity contribution in [2.45, 2.75) is 31.3 Å². The zero-order valence-corrected chi connectivity index (χ0v) is 20.2. The summed E-state index contributed by atoms with van der Waals surface area (Å²) in [5.41, 5.74) is 3.03. The average Bonchev–Trinajstić information content (AvgIpc) is 2.78. The number of Topliss-reactive ketones (excluding diaryl/α,β-unsaturated/α-hetero) is 1. The predicted molar refractivity (Wildman–Crippen MR) is 133 cm³/mol. The quantitative estimate of drug-likeness (QED) is 0.644. The normalized spacial score (nSPS) is 25.5. The molecule has 1 aromatic rings. The first-order valence-corrected chi connectivity index (χ1v) is 14.1. The number of ketones is 1. The number of thioether (sulfide) groups is 1. The molecule has 174 valence electrons. The Hall–Kier alpha value is -2.29. The van der Waals surface area contributed by atoms with Crippen LogP contribution >= 0.6 is 11.8 Å². The molecule has 0 bridgehead atoms. The predicted octanol–water partition coefficient (Wildman–Crippen LogP) is 4.41. The molecule has 0 radical (unpaired) electrons. The van der Waals surface area contributed by atoms with Gasteiger partial charge in [0, 0.05) is 24.8 Å². The maximum absolute atomic E-state index is 13.7. The number of carbonyl (C=O) groups is 1. The van der Waals surface area contributed by atoms with Crippen LogP contribution in [0.3, 0.4) is 0 Å². The molecule has 2 N–H and O–H groups in total. The highest BCUT2D eigenvalue weighted by Crippen LogP contribution is 2.46. The molecular weight excluding hydrogens is 456 g/mol. The number of hydrogen-bond donors (Lipinski definition) is 2. The molecule has 1 aromatic carbocycles. The molecule has 2 unspecified atom stereocenters.